The number of nitrogens with two attached hydrogens (primary N) is 1. The van der Waals surface area contributed by atoms with Crippen LogP contribution in [0.1, 0.15) is 37.8 Å². The smallest absolute Gasteiger partial charge is 0.0499 e. The van der Waals surface area contributed by atoms with Crippen molar-refractivity contribution in [2.75, 3.05) is 13.1 Å². The molecule has 17 heavy (non-hydrogen) atoms. The molecule has 2 unspecified atom stereocenters. The van der Waals surface area contributed by atoms with Crippen molar-refractivity contribution < 1.29 is 0 Å². The van der Waals surface area contributed by atoms with Gasteiger partial charge in [-0.3, -0.25) is 4.90 Å². The van der Waals surface area contributed by atoms with Crippen LogP contribution in [0.2, 0.25) is 0 Å². The summed E-state index contributed by atoms with van der Waals surface area (Å²) in [5.41, 5.74) is 7.71. The lowest BCUT2D eigenvalue weighted by atomic mass is 9.96. The van der Waals surface area contributed by atoms with Crippen molar-refractivity contribution >= 4 is 15.9 Å². The molecule has 1 aromatic carbocycles. The molecule has 1 fully saturated rings. The molecule has 0 aromatic heterocycles. The van der Waals surface area contributed by atoms with E-state index in [2.05, 4.69) is 52.0 Å². The molecule has 94 valence electrons. The third-order valence-electron chi connectivity index (χ3n) is 3.63. The second kappa shape index (κ2) is 5.98. The topological polar surface area (TPSA) is 29.3 Å². The van der Waals surface area contributed by atoms with Crippen molar-refractivity contribution in [1.29, 1.82) is 0 Å². The summed E-state index contributed by atoms with van der Waals surface area (Å²) in [6, 6.07) is 9.21. The molecule has 1 aliphatic rings. The average molecular weight is 297 g/mol. The minimum absolute atomic E-state index is 0.256. The van der Waals surface area contributed by atoms with E-state index >= 15 is 0 Å². The van der Waals surface area contributed by atoms with E-state index < -0.39 is 0 Å². The van der Waals surface area contributed by atoms with Crippen LogP contribution >= 0.6 is 15.9 Å². The van der Waals surface area contributed by atoms with Crippen LogP contribution in [0.25, 0.3) is 0 Å². The van der Waals surface area contributed by atoms with Crippen LogP contribution in [0.5, 0.6) is 0 Å². The molecule has 2 nitrogen and oxygen atoms in total. The first kappa shape index (κ1) is 13.1. The zero-order chi connectivity index (χ0) is 12.3. The maximum absolute atomic E-state index is 6.37. The van der Waals surface area contributed by atoms with E-state index in [-0.39, 0.29) is 6.04 Å². The highest BCUT2D eigenvalue weighted by Crippen LogP contribution is 2.30. The lowest BCUT2D eigenvalue weighted by Crippen LogP contribution is -2.39. The SMILES string of the molecule is CCN1CCCCC(N)C1c1cccc(Br)c1. The Kier molecular flexibility index (Phi) is 4.60. The predicted octanol–water partition coefficient (Wildman–Crippen LogP) is 3.32. The Bertz CT molecular complexity index is 367. The van der Waals surface area contributed by atoms with Crippen LogP contribution in [-0.2, 0) is 0 Å². The highest BCUT2D eigenvalue weighted by atomic mass is 79.9. The van der Waals surface area contributed by atoms with E-state index in [4.69, 9.17) is 5.73 Å². The fraction of sp³-hybridized carbons (Fsp3) is 0.571. The Hall–Kier alpha value is -0.380. The maximum atomic E-state index is 6.37. The van der Waals surface area contributed by atoms with Gasteiger partial charge in [-0.05, 0) is 43.6 Å². The van der Waals surface area contributed by atoms with Gasteiger partial charge < -0.3 is 5.73 Å². The van der Waals surface area contributed by atoms with E-state index in [9.17, 15) is 0 Å². The molecule has 1 aromatic rings. The van der Waals surface area contributed by atoms with Gasteiger partial charge in [0.25, 0.3) is 0 Å². The van der Waals surface area contributed by atoms with Gasteiger partial charge in [0.15, 0.2) is 0 Å². The zero-order valence-corrected chi connectivity index (χ0v) is 12.0. The minimum atomic E-state index is 0.256. The molecule has 1 aliphatic heterocycles. The molecular weight excluding hydrogens is 276 g/mol. The predicted molar refractivity (Wildman–Crippen MR) is 76.0 cm³/mol. The molecule has 3 heteroatoms. The first-order chi connectivity index (χ1) is 8.22. The van der Waals surface area contributed by atoms with Crippen molar-refractivity contribution in [3.8, 4) is 0 Å². The number of likely N-dealkylation sites (N-methyl/N-ethyl adjacent to an activating group) is 1. The molecule has 1 heterocycles. The number of benzene rings is 1. The summed E-state index contributed by atoms with van der Waals surface area (Å²) >= 11 is 3.55. The van der Waals surface area contributed by atoms with Crippen molar-refractivity contribution in [3.63, 3.8) is 0 Å². The summed E-state index contributed by atoms with van der Waals surface area (Å²) in [4.78, 5) is 2.51. The third kappa shape index (κ3) is 3.09. The molecule has 0 spiro atoms. The maximum Gasteiger partial charge on any atom is 0.0499 e. The van der Waals surface area contributed by atoms with Gasteiger partial charge in [-0.1, -0.05) is 41.4 Å². The molecule has 2 rings (SSSR count). The Labute approximate surface area is 112 Å². The summed E-state index contributed by atoms with van der Waals surface area (Å²) in [6.45, 7) is 4.47. The van der Waals surface area contributed by atoms with Gasteiger partial charge in [-0.25, -0.2) is 0 Å². The Morgan fingerprint density at radius 3 is 2.94 bits per heavy atom. The van der Waals surface area contributed by atoms with Gasteiger partial charge in [0.2, 0.25) is 0 Å². The normalized spacial score (nSPS) is 26.8. The standard InChI is InChI=1S/C14H21BrN2/c1-2-17-9-4-3-8-13(16)14(17)11-6-5-7-12(15)10-11/h5-7,10,13-14H,2-4,8-9,16H2,1H3. The second-order valence-corrected chi connectivity index (χ2v) is 5.70. The Morgan fingerprint density at radius 1 is 1.41 bits per heavy atom. The van der Waals surface area contributed by atoms with Gasteiger partial charge in [0.05, 0.1) is 0 Å². The lowest BCUT2D eigenvalue weighted by molar-refractivity contribution is 0.195. The Morgan fingerprint density at radius 2 is 2.24 bits per heavy atom. The number of hydrogen-bond acceptors (Lipinski definition) is 2. The second-order valence-electron chi connectivity index (χ2n) is 4.79. The number of nitrogens with zero attached hydrogens (tertiary/aromatic N) is 1. The molecule has 0 radical (unpaired) electrons. The van der Waals surface area contributed by atoms with Gasteiger partial charge >= 0.3 is 0 Å². The fourth-order valence-corrected chi connectivity index (χ4v) is 3.18. The summed E-state index contributed by atoms with van der Waals surface area (Å²) in [7, 11) is 0. The van der Waals surface area contributed by atoms with Gasteiger partial charge in [0.1, 0.15) is 0 Å². The van der Waals surface area contributed by atoms with E-state index in [0.29, 0.717) is 6.04 Å². The summed E-state index contributed by atoms with van der Waals surface area (Å²) in [5, 5.41) is 0. The molecule has 0 amide bonds. The van der Waals surface area contributed by atoms with Crippen LogP contribution < -0.4 is 5.73 Å². The number of halogens is 1. The van der Waals surface area contributed by atoms with Crippen molar-refractivity contribution in [3.05, 3.63) is 34.3 Å². The van der Waals surface area contributed by atoms with Gasteiger partial charge in [-0.2, -0.15) is 0 Å². The number of hydrogen-bond donors (Lipinski definition) is 1. The van der Waals surface area contributed by atoms with Crippen LogP contribution in [0.15, 0.2) is 28.7 Å². The summed E-state index contributed by atoms with van der Waals surface area (Å²) in [6.07, 6.45) is 3.65. The summed E-state index contributed by atoms with van der Waals surface area (Å²) < 4.78 is 1.14. The van der Waals surface area contributed by atoms with Gasteiger partial charge in [-0.15, -0.1) is 0 Å². The van der Waals surface area contributed by atoms with E-state index in [1.54, 1.807) is 0 Å². The van der Waals surface area contributed by atoms with E-state index in [0.717, 1.165) is 17.4 Å². The first-order valence-corrected chi connectivity index (χ1v) is 7.26. The minimum Gasteiger partial charge on any atom is -0.326 e. The van der Waals surface area contributed by atoms with Crippen molar-refractivity contribution in [1.82, 2.24) is 4.90 Å². The monoisotopic (exact) mass is 296 g/mol. The van der Waals surface area contributed by atoms with Gasteiger partial charge in [0, 0.05) is 16.6 Å². The van der Waals surface area contributed by atoms with E-state index in [1.807, 2.05) is 0 Å². The van der Waals surface area contributed by atoms with Crippen LogP contribution in [0.3, 0.4) is 0 Å². The van der Waals surface area contributed by atoms with Crippen LogP contribution in [0, 0.1) is 0 Å². The molecule has 2 atom stereocenters. The quantitative estimate of drug-likeness (QED) is 0.907. The zero-order valence-electron chi connectivity index (χ0n) is 10.4. The van der Waals surface area contributed by atoms with Crippen LogP contribution in [-0.4, -0.2) is 24.0 Å². The molecule has 0 aliphatic carbocycles. The number of likely N-dealkylation sites (tertiary alicyclic amines) is 1. The summed E-state index contributed by atoms with van der Waals surface area (Å²) in [5.74, 6) is 0. The Balaban J connectivity index is 2.30. The molecule has 0 saturated carbocycles. The van der Waals surface area contributed by atoms with Crippen LogP contribution in [0.4, 0.5) is 0 Å². The van der Waals surface area contributed by atoms with Crippen molar-refractivity contribution in [2.24, 2.45) is 5.73 Å². The largest absolute Gasteiger partial charge is 0.326 e. The first-order valence-electron chi connectivity index (χ1n) is 6.47. The lowest BCUT2D eigenvalue weighted by Gasteiger charge is -2.33. The molecule has 0 bridgehead atoms. The molecular formula is C14H21BrN2. The molecule has 1 saturated heterocycles. The highest BCUT2D eigenvalue weighted by Gasteiger charge is 2.27. The number of rotatable bonds is 2. The third-order valence-corrected chi connectivity index (χ3v) is 4.12. The average Bonchev–Trinajstić information content (AvgIpc) is 2.50. The highest BCUT2D eigenvalue weighted by molar-refractivity contribution is 9.10. The fourth-order valence-electron chi connectivity index (χ4n) is 2.77. The molecule has 2 N–H and O–H groups in total. The van der Waals surface area contributed by atoms with E-state index in [1.165, 1.54) is 24.9 Å². The van der Waals surface area contributed by atoms with Crippen molar-refractivity contribution in [2.45, 2.75) is 38.3 Å².